The Bertz CT molecular complexity index is 315. The molecule has 0 spiro atoms. The maximum atomic E-state index is 12.2. The minimum absolute atomic E-state index is 0.0381. The molecule has 0 aromatic rings. The first kappa shape index (κ1) is 15.6. The van der Waals surface area contributed by atoms with E-state index >= 15 is 0 Å². The van der Waals surface area contributed by atoms with Crippen LogP contribution >= 0.6 is 0 Å². The van der Waals surface area contributed by atoms with Gasteiger partial charge in [-0.25, -0.2) is 0 Å². The van der Waals surface area contributed by atoms with Crippen molar-refractivity contribution in [2.24, 2.45) is 23.7 Å². The SMILES string of the molecule is FC(F)=CC1CCC(C2CCC(C=C(F)F)CC2)CC1. The maximum Gasteiger partial charge on any atom is 0.266 e. The van der Waals surface area contributed by atoms with Crippen LogP contribution in [0.2, 0.25) is 0 Å². The number of halogens is 4. The van der Waals surface area contributed by atoms with E-state index in [-0.39, 0.29) is 11.8 Å². The smallest absolute Gasteiger partial charge is 0.174 e. The average Bonchev–Trinajstić information content (AvgIpc) is 2.39. The van der Waals surface area contributed by atoms with Gasteiger partial charge in [0, 0.05) is 0 Å². The standard InChI is InChI=1S/C16H22F4/c17-15(18)9-11-1-5-13(6-2-11)14-7-3-12(4-8-14)10-16(19)20/h9-14H,1-8H2. The molecule has 0 nitrogen and oxygen atoms in total. The molecule has 0 heterocycles. The van der Waals surface area contributed by atoms with Gasteiger partial charge >= 0.3 is 0 Å². The van der Waals surface area contributed by atoms with Crippen LogP contribution in [0.5, 0.6) is 0 Å². The molecule has 114 valence electrons. The van der Waals surface area contributed by atoms with Crippen molar-refractivity contribution < 1.29 is 17.6 Å². The first-order valence-electron chi connectivity index (χ1n) is 7.60. The zero-order valence-corrected chi connectivity index (χ0v) is 11.6. The first-order chi connectivity index (χ1) is 9.54. The van der Waals surface area contributed by atoms with Crippen molar-refractivity contribution in [2.75, 3.05) is 0 Å². The van der Waals surface area contributed by atoms with Crippen LogP contribution in [0.4, 0.5) is 17.6 Å². The Morgan fingerprint density at radius 3 is 1.10 bits per heavy atom. The lowest BCUT2D eigenvalue weighted by Crippen LogP contribution is -2.25. The highest BCUT2D eigenvalue weighted by Gasteiger charge is 2.30. The average molecular weight is 290 g/mol. The fourth-order valence-corrected chi connectivity index (χ4v) is 3.92. The molecule has 2 rings (SSSR count). The van der Waals surface area contributed by atoms with Gasteiger partial charge in [-0.1, -0.05) is 0 Å². The fraction of sp³-hybridized carbons (Fsp3) is 0.750. The summed E-state index contributed by atoms with van der Waals surface area (Å²) in [5.74, 6) is 1.30. The molecule has 0 unspecified atom stereocenters. The van der Waals surface area contributed by atoms with Crippen molar-refractivity contribution in [3.05, 3.63) is 24.3 Å². The van der Waals surface area contributed by atoms with Gasteiger partial charge < -0.3 is 0 Å². The van der Waals surface area contributed by atoms with E-state index in [9.17, 15) is 17.6 Å². The summed E-state index contributed by atoms with van der Waals surface area (Å²) in [4.78, 5) is 0. The molecule has 4 heteroatoms. The zero-order valence-electron chi connectivity index (χ0n) is 11.6. The number of rotatable bonds is 3. The normalized spacial score (nSPS) is 34.4. The van der Waals surface area contributed by atoms with Crippen LogP contribution in [0.15, 0.2) is 24.3 Å². The Labute approximate surface area is 117 Å². The molecule has 2 saturated carbocycles. The maximum absolute atomic E-state index is 12.2. The van der Waals surface area contributed by atoms with Gasteiger partial charge in [-0.2, -0.15) is 17.6 Å². The number of hydrogen-bond donors (Lipinski definition) is 0. The van der Waals surface area contributed by atoms with Crippen molar-refractivity contribution in [3.63, 3.8) is 0 Å². The molecule has 0 atom stereocenters. The lowest BCUT2D eigenvalue weighted by Gasteiger charge is -2.36. The molecule has 0 N–H and O–H groups in total. The molecule has 2 aliphatic carbocycles. The van der Waals surface area contributed by atoms with Crippen molar-refractivity contribution in [2.45, 2.75) is 51.4 Å². The highest BCUT2D eigenvalue weighted by Crippen LogP contribution is 2.42. The van der Waals surface area contributed by atoms with Crippen molar-refractivity contribution >= 4 is 0 Å². The molecule has 0 amide bonds. The second-order valence-corrected chi connectivity index (χ2v) is 6.26. The molecule has 0 saturated heterocycles. The van der Waals surface area contributed by atoms with E-state index in [0.717, 1.165) is 63.5 Å². The van der Waals surface area contributed by atoms with Crippen LogP contribution in [-0.4, -0.2) is 0 Å². The van der Waals surface area contributed by atoms with E-state index in [4.69, 9.17) is 0 Å². The van der Waals surface area contributed by atoms with E-state index in [0.29, 0.717) is 11.8 Å². The first-order valence-corrected chi connectivity index (χ1v) is 7.60. The summed E-state index contributed by atoms with van der Waals surface area (Å²) in [6.07, 6.45) is 6.51. The van der Waals surface area contributed by atoms with E-state index in [1.165, 1.54) is 0 Å². The third kappa shape index (κ3) is 4.64. The molecule has 20 heavy (non-hydrogen) atoms. The van der Waals surface area contributed by atoms with Crippen molar-refractivity contribution in [1.82, 2.24) is 0 Å². The van der Waals surface area contributed by atoms with Crippen LogP contribution in [0.25, 0.3) is 0 Å². The van der Waals surface area contributed by atoms with Gasteiger partial charge in [0.15, 0.2) is 0 Å². The minimum Gasteiger partial charge on any atom is -0.174 e. The topological polar surface area (TPSA) is 0 Å². The molecule has 0 bridgehead atoms. The Balaban J connectivity index is 1.76. The van der Waals surface area contributed by atoms with Crippen LogP contribution in [0.1, 0.15) is 51.4 Å². The number of hydrogen-bond acceptors (Lipinski definition) is 0. The van der Waals surface area contributed by atoms with Gasteiger partial charge in [0.25, 0.3) is 12.2 Å². The number of allylic oxidation sites excluding steroid dienone is 2. The molecule has 2 aliphatic rings. The largest absolute Gasteiger partial charge is 0.266 e. The van der Waals surface area contributed by atoms with Gasteiger partial charge in [-0.3, -0.25) is 0 Å². The predicted molar refractivity (Wildman–Crippen MR) is 71.5 cm³/mol. The molecule has 0 aromatic heterocycles. The fourth-order valence-electron chi connectivity index (χ4n) is 3.92. The predicted octanol–water partition coefficient (Wildman–Crippen LogP) is 6.16. The molecule has 0 radical (unpaired) electrons. The van der Waals surface area contributed by atoms with Crippen molar-refractivity contribution in [3.8, 4) is 0 Å². The Morgan fingerprint density at radius 2 is 0.850 bits per heavy atom. The summed E-state index contributed by atoms with van der Waals surface area (Å²) in [7, 11) is 0. The quantitative estimate of drug-likeness (QED) is 0.546. The van der Waals surface area contributed by atoms with Crippen molar-refractivity contribution in [1.29, 1.82) is 0 Å². The van der Waals surface area contributed by atoms with Crippen LogP contribution in [0.3, 0.4) is 0 Å². The molecular formula is C16H22F4. The minimum atomic E-state index is -1.56. The van der Waals surface area contributed by atoms with Gasteiger partial charge in [0.2, 0.25) is 0 Å². The summed E-state index contributed by atoms with van der Waals surface area (Å²) in [6.45, 7) is 0. The van der Waals surface area contributed by atoms with Crippen LogP contribution < -0.4 is 0 Å². The molecule has 0 aromatic carbocycles. The molecule has 0 aliphatic heterocycles. The van der Waals surface area contributed by atoms with Crippen LogP contribution in [-0.2, 0) is 0 Å². The lowest BCUT2D eigenvalue weighted by atomic mass is 9.69. The third-order valence-electron chi connectivity index (χ3n) is 5.02. The Kier molecular flexibility index (Phi) is 5.67. The Morgan fingerprint density at radius 1 is 0.550 bits per heavy atom. The second kappa shape index (κ2) is 7.28. The lowest BCUT2D eigenvalue weighted by molar-refractivity contribution is 0.164. The zero-order chi connectivity index (χ0) is 14.5. The Hall–Kier alpha value is -0.800. The van der Waals surface area contributed by atoms with E-state index in [2.05, 4.69) is 0 Å². The highest BCUT2D eigenvalue weighted by atomic mass is 19.3. The molecule has 2 fully saturated rings. The van der Waals surface area contributed by atoms with E-state index < -0.39 is 12.2 Å². The van der Waals surface area contributed by atoms with Gasteiger partial charge in [-0.05, 0) is 87.2 Å². The summed E-state index contributed by atoms with van der Waals surface area (Å²) < 4.78 is 48.9. The van der Waals surface area contributed by atoms with E-state index in [1.807, 2.05) is 0 Å². The summed E-state index contributed by atoms with van der Waals surface area (Å²) in [6, 6.07) is 0. The molecular weight excluding hydrogens is 268 g/mol. The van der Waals surface area contributed by atoms with Gasteiger partial charge in [0.1, 0.15) is 0 Å². The summed E-state index contributed by atoms with van der Waals surface area (Å²) in [5.41, 5.74) is 0. The van der Waals surface area contributed by atoms with Gasteiger partial charge in [-0.15, -0.1) is 0 Å². The second-order valence-electron chi connectivity index (χ2n) is 6.26. The summed E-state index contributed by atoms with van der Waals surface area (Å²) in [5, 5.41) is 0. The van der Waals surface area contributed by atoms with Crippen LogP contribution in [0, 0.1) is 23.7 Å². The third-order valence-corrected chi connectivity index (χ3v) is 5.02. The highest BCUT2D eigenvalue weighted by molar-refractivity contribution is 4.94. The monoisotopic (exact) mass is 290 g/mol. The van der Waals surface area contributed by atoms with E-state index in [1.54, 1.807) is 0 Å². The summed E-state index contributed by atoms with van der Waals surface area (Å²) >= 11 is 0. The van der Waals surface area contributed by atoms with Gasteiger partial charge in [0.05, 0.1) is 0 Å².